The summed E-state index contributed by atoms with van der Waals surface area (Å²) in [5, 5.41) is 13.6. The summed E-state index contributed by atoms with van der Waals surface area (Å²) in [5.74, 6) is 0.631. The van der Waals surface area contributed by atoms with Gasteiger partial charge in [0.2, 0.25) is 0 Å². The Labute approximate surface area is 164 Å². The molecule has 4 rings (SSSR count). The molecule has 1 aliphatic carbocycles. The van der Waals surface area contributed by atoms with E-state index in [1.165, 1.54) is 29.5 Å². The Morgan fingerprint density at radius 3 is 2.74 bits per heavy atom. The first-order chi connectivity index (χ1) is 13.1. The average Bonchev–Trinajstić information content (AvgIpc) is 3.34. The maximum atomic E-state index is 12.6. The molecule has 0 aliphatic heterocycles. The highest BCUT2D eigenvalue weighted by molar-refractivity contribution is 7.98. The third kappa shape index (κ3) is 3.81. The molecule has 0 radical (unpaired) electrons. The number of fused-ring (bicyclic) bond motifs is 1. The van der Waals surface area contributed by atoms with E-state index in [4.69, 9.17) is 0 Å². The van der Waals surface area contributed by atoms with Crippen LogP contribution in [0, 0.1) is 10.1 Å². The number of non-ortho nitro benzene ring substituents is 1. The third-order valence-electron chi connectivity index (χ3n) is 4.62. The predicted octanol–water partition coefficient (Wildman–Crippen LogP) is 4.04. The van der Waals surface area contributed by atoms with Crippen LogP contribution in [-0.4, -0.2) is 14.5 Å². The molecule has 1 aromatic carbocycles. The molecule has 0 atom stereocenters. The number of benzene rings is 1. The summed E-state index contributed by atoms with van der Waals surface area (Å²) < 4.78 is 1.81. The van der Waals surface area contributed by atoms with Crippen molar-refractivity contribution < 1.29 is 4.92 Å². The van der Waals surface area contributed by atoms with Gasteiger partial charge in [-0.25, -0.2) is 4.79 Å². The number of thiophene rings is 1. The molecular weight excluding hydrogens is 382 g/mol. The Bertz CT molecular complexity index is 1030. The van der Waals surface area contributed by atoms with Gasteiger partial charge in [-0.05, 0) is 36.3 Å². The van der Waals surface area contributed by atoms with Crippen LogP contribution in [0.3, 0.4) is 0 Å². The molecule has 0 unspecified atom stereocenters. The van der Waals surface area contributed by atoms with Crippen LogP contribution in [0.4, 0.5) is 5.69 Å². The molecule has 0 amide bonds. The predicted molar refractivity (Wildman–Crippen MR) is 107 cm³/mol. The van der Waals surface area contributed by atoms with Crippen molar-refractivity contribution in [1.82, 2.24) is 9.55 Å². The maximum Gasteiger partial charge on any atom is 0.349 e. The average molecular weight is 399 g/mol. The van der Waals surface area contributed by atoms with Crippen molar-refractivity contribution in [3.8, 4) is 0 Å². The van der Waals surface area contributed by atoms with Crippen LogP contribution < -0.4 is 5.69 Å². The molecular formula is C19H17N3O3S2. The van der Waals surface area contributed by atoms with Crippen LogP contribution in [0.2, 0.25) is 0 Å². The third-order valence-corrected chi connectivity index (χ3v) is 6.57. The summed E-state index contributed by atoms with van der Waals surface area (Å²) >= 11 is 3.18. The van der Waals surface area contributed by atoms with E-state index in [0.29, 0.717) is 12.3 Å². The van der Waals surface area contributed by atoms with Gasteiger partial charge in [0.25, 0.3) is 5.69 Å². The minimum absolute atomic E-state index is 0.0824. The second-order valence-corrected chi connectivity index (χ2v) is 8.35. The van der Waals surface area contributed by atoms with Gasteiger partial charge in [-0.2, -0.15) is 4.98 Å². The highest BCUT2D eigenvalue weighted by Gasteiger charge is 2.22. The van der Waals surface area contributed by atoms with E-state index >= 15 is 0 Å². The summed E-state index contributed by atoms with van der Waals surface area (Å²) in [6.07, 6.45) is 2.88. The number of hydrogen-bond donors (Lipinski definition) is 0. The minimum Gasteiger partial charge on any atom is -0.291 e. The van der Waals surface area contributed by atoms with Gasteiger partial charge < -0.3 is 0 Å². The molecule has 2 aromatic heterocycles. The monoisotopic (exact) mass is 399 g/mol. The lowest BCUT2D eigenvalue weighted by Gasteiger charge is -2.13. The number of nitro groups is 1. The molecule has 0 saturated heterocycles. The Morgan fingerprint density at radius 1 is 1.22 bits per heavy atom. The Hall–Kier alpha value is -2.45. The zero-order valence-corrected chi connectivity index (χ0v) is 16.1. The summed E-state index contributed by atoms with van der Waals surface area (Å²) in [4.78, 5) is 28.5. The number of thioether (sulfide) groups is 1. The van der Waals surface area contributed by atoms with Crippen molar-refractivity contribution in [3.05, 3.63) is 84.1 Å². The van der Waals surface area contributed by atoms with Crippen molar-refractivity contribution in [3.63, 3.8) is 0 Å². The fraction of sp³-hybridized carbons (Fsp3) is 0.263. The zero-order valence-electron chi connectivity index (χ0n) is 14.5. The first-order valence-electron chi connectivity index (χ1n) is 8.63. The zero-order chi connectivity index (χ0) is 18.8. The molecule has 138 valence electrons. The summed E-state index contributed by atoms with van der Waals surface area (Å²) in [7, 11) is 0. The van der Waals surface area contributed by atoms with Gasteiger partial charge in [0.1, 0.15) is 5.03 Å². The van der Waals surface area contributed by atoms with Gasteiger partial charge in [0.05, 0.1) is 11.5 Å². The van der Waals surface area contributed by atoms with E-state index in [2.05, 4.69) is 4.98 Å². The van der Waals surface area contributed by atoms with Crippen LogP contribution >= 0.6 is 23.1 Å². The molecule has 0 fully saturated rings. The molecule has 0 saturated carbocycles. The van der Waals surface area contributed by atoms with E-state index in [1.807, 2.05) is 22.1 Å². The quantitative estimate of drug-likeness (QED) is 0.270. The topological polar surface area (TPSA) is 78.0 Å². The molecule has 0 bridgehead atoms. The van der Waals surface area contributed by atoms with Crippen molar-refractivity contribution in [2.45, 2.75) is 36.6 Å². The van der Waals surface area contributed by atoms with Crippen molar-refractivity contribution >= 4 is 28.8 Å². The van der Waals surface area contributed by atoms with Crippen LogP contribution in [0.1, 0.15) is 28.1 Å². The lowest BCUT2D eigenvalue weighted by atomic mass is 10.2. The van der Waals surface area contributed by atoms with Gasteiger partial charge in [-0.15, -0.1) is 23.1 Å². The Balaban J connectivity index is 1.57. The molecule has 3 aromatic rings. The second kappa shape index (κ2) is 7.66. The van der Waals surface area contributed by atoms with Gasteiger partial charge in [0.15, 0.2) is 0 Å². The molecule has 0 N–H and O–H groups in total. The van der Waals surface area contributed by atoms with Gasteiger partial charge in [-0.3, -0.25) is 14.7 Å². The standard InChI is InChI=1S/C19H17N3O3S2/c23-19-20-18(27-12-13-6-8-14(9-7-13)22(24)25)16-4-1-5-17(16)21(19)11-15-3-2-10-26-15/h2-3,6-10H,1,4-5,11-12H2. The van der Waals surface area contributed by atoms with Gasteiger partial charge >= 0.3 is 5.69 Å². The second-order valence-electron chi connectivity index (χ2n) is 6.36. The van der Waals surface area contributed by atoms with E-state index in [9.17, 15) is 14.9 Å². The van der Waals surface area contributed by atoms with E-state index in [0.717, 1.165) is 40.4 Å². The summed E-state index contributed by atoms with van der Waals surface area (Å²) in [6, 6.07) is 10.6. The molecule has 0 spiro atoms. The number of nitrogens with zero attached hydrogens (tertiary/aromatic N) is 3. The van der Waals surface area contributed by atoms with Crippen LogP contribution in [0.15, 0.2) is 51.6 Å². The maximum absolute atomic E-state index is 12.6. The summed E-state index contributed by atoms with van der Waals surface area (Å²) in [6.45, 7) is 0.582. The fourth-order valence-corrected chi connectivity index (χ4v) is 5.02. The van der Waals surface area contributed by atoms with Crippen LogP contribution in [0.25, 0.3) is 0 Å². The van der Waals surface area contributed by atoms with Crippen LogP contribution in [-0.2, 0) is 25.1 Å². The van der Waals surface area contributed by atoms with Crippen LogP contribution in [0.5, 0.6) is 0 Å². The minimum atomic E-state index is -0.404. The molecule has 27 heavy (non-hydrogen) atoms. The highest BCUT2D eigenvalue weighted by Crippen LogP contribution is 2.31. The molecule has 1 aliphatic rings. The smallest absolute Gasteiger partial charge is 0.291 e. The SMILES string of the molecule is O=c1nc(SCc2ccc([N+](=O)[O-])cc2)c2c(n1Cc1cccs1)CCC2. The highest BCUT2D eigenvalue weighted by atomic mass is 32.2. The number of rotatable bonds is 6. The number of nitro benzene ring substituents is 1. The van der Waals surface area contributed by atoms with Crippen molar-refractivity contribution in [2.24, 2.45) is 0 Å². The largest absolute Gasteiger partial charge is 0.349 e. The Kier molecular flexibility index (Phi) is 5.09. The lowest BCUT2D eigenvalue weighted by Crippen LogP contribution is -2.27. The first-order valence-corrected chi connectivity index (χ1v) is 10.5. The molecule has 2 heterocycles. The normalized spacial score (nSPS) is 12.9. The number of hydrogen-bond acceptors (Lipinski definition) is 6. The number of aromatic nitrogens is 2. The van der Waals surface area contributed by atoms with Gasteiger partial charge in [-0.1, -0.05) is 18.2 Å². The van der Waals surface area contributed by atoms with E-state index < -0.39 is 4.92 Å². The van der Waals surface area contributed by atoms with Crippen molar-refractivity contribution in [2.75, 3.05) is 0 Å². The summed E-state index contributed by atoms with van der Waals surface area (Å²) in [5.41, 5.74) is 3.14. The lowest BCUT2D eigenvalue weighted by molar-refractivity contribution is -0.384. The first kappa shape index (κ1) is 17.9. The van der Waals surface area contributed by atoms with E-state index in [1.54, 1.807) is 23.5 Å². The molecule has 8 heteroatoms. The fourth-order valence-electron chi connectivity index (χ4n) is 3.29. The molecule has 6 nitrogen and oxygen atoms in total. The van der Waals surface area contributed by atoms with E-state index in [-0.39, 0.29) is 11.4 Å². The van der Waals surface area contributed by atoms with Crippen molar-refractivity contribution in [1.29, 1.82) is 0 Å². The van der Waals surface area contributed by atoms with Gasteiger partial charge in [0, 0.05) is 34.0 Å². The Morgan fingerprint density at radius 2 is 2.04 bits per heavy atom.